The molecule has 1 fully saturated rings. The average molecular weight is 204 g/mol. The fraction of sp³-hybridized carbons (Fsp3) is 0.462. The lowest BCUT2D eigenvalue weighted by atomic mass is 10.0. The van der Waals surface area contributed by atoms with Gasteiger partial charge in [0.1, 0.15) is 0 Å². The number of hydrogen-bond acceptors (Lipinski definition) is 2. The molecule has 1 aromatic carbocycles. The maximum Gasteiger partial charge on any atom is 0.162 e. The second-order valence-corrected chi connectivity index (χ2v) is 4.54. The predicted molar refractivity (Wildman–Crippen MR) is 59.0 cm³/mol. The quantitative estimate of drug-likeness (QED) is 0.557. The highest BCUT2D eigenvalue weighted by molar-refractivity contribution is 5.95. The van der Waals surface area contributed by atoms with E-state index in [1.54, 1.807) is 0 Å². The standard InChI is InChI=1S/C13H16O2/c1-13(2)12(15-13)9-8-11(14)10-6-4-3-5-7-10/h3-7,12H,8-9H2,1-2H3. The van der Waals surface area contributed by atoms with E-state index in [0.717, 1.165) is 12.0 Å². The molecule has 1 unspecified atom stereocenters. The van der Waals surface area contributed by atoms with E-state index >= 15 is 0 Å². The fourth-order valence-corrected chi connectivity index (χ4v) is 1.77. The third-order valence-corrected chi connectivity index (χ3v) is 2.89. The lowest BCUT2D eigenvalue weighted by Crippen LogP contribution is -2.06. The van der Waals surface area contributed by atoms with Crippen LogP contribution in [0, 0.1) is 0 Å². The number of carbonyl (C=O) groups is 1. The number of ketones is 1. The molecule has 80 valence electrons. The monoisotopic (exact) mass is 204 g/mol. The minimum Gasteiger partial charge on any atom is -0.367 e. The van der Waals surface area contributed by atoms with Gasteiger partial charge in [-0.2, -0.15) is 0 Å². The van der Waals surface area contributed by atoms with Gasteiger partial charge in [-0.05, 0) is 20.3 Å². The zero-order valence-corrected chi connectivity index (χ0v) is 9.19. The number of Topliss-reactive ketones (excluding diaryl/α,β-unsaturated/α-hetero) is 1. The van der Waals surface area contributed by atoms with E-state index in [-0.39, 0.29) is 17.5 Å². The Kier molecular flexibility index (Phi) is 2.61. The van der Waals surface area contributed by atoms with Crippen LogP contribution in [0.5, 0.6) is 0 Å². The second kappa shape index (κ2) is 3.78. The summed E-state index contributed by atoms with van der Waals surface area (Å²) in [4.78, 5) is 11.7. The number of carbonyl (C=O) groups excluding carboxylic acids is 1. The molecule has 0 aromatic heterocycles. The van der Waals surface area contributed by atoms with Gasteiger partial charge in [0.2, 0.25) is 0 Å². The van der Waals surface area contributed by atoms with Crippen molar-refractivity contribution in [2.24, 2.45) is 0 Å². The molecule has 1 aliphatic rings. The molecule has 0 aliphatic carbocycles. The van der Waals surface area contributed by atoms with Crippen LogP contribution in [0.4, 0.5) is 0 Å². The summed E-state index contributed by atoms with van der Waals surface area (Å²) in [6.45, 7) is 4.12. The summed E-state index contributed by atoms with van der Waals surface area (Å²) in [7, 11) is 0. The summed E-state index contributed by atoms with van der Waals surface area (Å²) in [6.07, 6.45) is 1.68. The van der Waals surface area contributed by atoms with E-state index in [2.05, 4.69) is 13.8 Å². The van der Waals surface area contributed by atoms with E-state index in [1.165, 1.54) is 0 Å². The zero-order valence-electron chi connectivity index (χ0n) is 9.19. The largest absolute Gasteiger partial charge is 0.367 e. The van der Waals surface area contributed by atoms with Crippen molar-refractivity contribution in [2.75, 3.05) is 0 Å². The highest BCUT2D eigenvalue weighted by Gasteiger charge is 2.47. The van der Waals surface area contributed by atoms with Crippen molar-refractivity contribution >= 4 is 5.78 Å². The minimum atomic E-state index is -0.00301. The molecule has 2 nitrogen and oxygen atoms in total. The van der Waals surface area contributed by atoms with Gasteiger partial charge in [-0.3, -0.25) is 4.79 Å². The number of ether oxygens (including phenoxy) is 1. The molecule has 1 heterocycles. The summed E-state index contributed by atoms with van der Waals surface area (Å²) >= 11 is 0. The van der Waals surface area contributed by atoms with E-state index in [9.17, 15) is 4.79 Å². The number of benzene rings is 1. The first kappa shape index (κ1) is 10.4. The van der Waals surface area contributed by atoms with Crippen molar-refractivity contribution in [3.8, 4) is 0 Å². The molecule has 0 bridgehead atoms. The normalized spacial score (nSPS) is 22.4. The van der Waals surface area contributed by atoms with Crippen LogP contribution in [0.3, 0.4) is 0 Å². The third-order valence-electron chi connectivity index (χ3n) is 2.89. The second-order valence-electron chi connectivity index (χ2n) is 4.54. The first-order chi connectivity index (χ1) is 7.09. The van der Waals surface area contributed by atoms with Gasteiger partial charge < -0.3 is 4.74 Å². The first-order valence-electron chi connectivity index (χ1n) is 5.36. The summed E-state index contributed by atoms with van der Waals surface area (Å²) in [5, 5.41) is 0. The van der Waals surface area contributed by atoms with E-state index in [4.69, 9.17) is 4.74 Å². The van der Waals surface area contributed by atoms with Crippen molar-refractivity contribution in [2.45, 2.75) is 38.4 Å². The van der Waals surface area contributed by atoms with Crippen molar-refractivity contribution in [3.05, 3.63) is 35.9 Å². The summed E-state index contributed by atoms with van der Waals surface area (Å²) < 4.78 is 5.44. The van der Waals surface area contributed by atoms with Crippen molar-refractivity contribution < 1.29 is 9.53 Å². The molecule has 1 aliphatic heterocycles. The van der Waals surface area contributed by atoms with E-state index < -0.39 is 0 Å². The predicted octanol–water partition coefficient (Wildman–Crippen LogP) is 2.83. The summed E-state index contributed by atoms with van der Waals surface area (Å²) in [5.74, 6) is 0.210. The number of rotatable bonds is 4. The molecule has 2 heteroatoms. The maximum atomic E-state index is 11.7. The molecule has 1 aromatic rings. The van der Waals surface area contributed by atoms with Crippen LogP contribution in [0.2, 0.25) is 0 Å². The van der Waals surface area contributed by atoms with Gasteiger partial charge in [-0.15, -0.1) is 0 Å². The van der Waals surface area contributed by atoms with Gasteiger partial charge in [0.15, 0.2) is 5.78 Å². The first-order valence-corrected chi connectivity index (χ1v) is 5.36. The third kappa shape index (κ3) is 2.45. The van der Waals surface area contributed by atoms with Gasteiger partial charge in [0, 0.05) is 12.0 Å². The Morgan fingerprint density at radius 3 is 2.47 bits per heavy atom. The molecule has 0 N–H and O–H groups in total. The molecule has 1 saturated heterocycles. The fourth-order valence-electron chi connectivity index (χ4n) is 1.77. The number of hydrogen-bond donors (Lipinski definition) is 0. The Bertz CT molecular complexity index is 354. The molecular weight excluding hydrogens is 188 g/mol. The molecule has 0 spiro atoms. The van der Waals surface area contributed by atoms with E-state index in [1.807, 2.05) is 30.3 Å². The Hall–Kier alpha value is -1.15. The highest BCUT2D eigenvalue weighted by atomic mass is 16.6. The Morgan fingerprint density at radius 1 is 1.33 bits per heavy atom. The van der Waals surface area contributed by atoms with Crippen LogP contribution in [0.15, 0.2) is 30.3 Å². The van der Waals surface area contributed by atoms with Crippen LogP contribution < -0.4 is 0 Å². The molecule has 2 rings (SSSR count). The summed E-state index contributed by atoms with van der Waals surface area (Å²) in [6, 6.07) is 9.43. The highest BCUT2D eigenvalue weighted by Crippen LogP contribution is 2.38. The Labute approximate surface area is 90.3 Å². The van der Waals surface area contributed by atoms with Gasteiger partial charge in [0.05, 0.1) is 11.7 Å². The minimum absolute atomic E-state index is 0.00301. The molecule has 0 amide bonds. The van der Waals surface area contributed by atoms with Crippen molar-refractivity contribution in [1.82, 2.24) is 0 Å². The Balaban J connectivity index is 1.84. The van der Waals surface area contributed by atoms with Crippen LogP contribution >= 0.6 is 0 Å². The van der Waals surface area contributed by atoms with Crippen LogP contribution in [0.25, 0.3) is 0 Å². The van der Waals surface area contributed by atoms with Crippen molar-refractivity contribution in [1.29, 1.82) is 0 Å². The van der Waals surface area contributed by atoms with Crippen molar-refractivity contribution in [3.63, 3.8) is 0 Å². The summed E-state index contributed by atoms with van der Waals surface area (Å²) in [5.41, 5.74) is 0.799. The molecule has 1 atom stereocenters. The smallest absolute Gasteiger partial charge is 0.162 e. The van der Waals surface area contributed by atoms with Crippen LogP contribution in [-0.4, -0.2) is 17.5 Å². The molecule has 0 saturated carbocycles. The van der Waals surface area contributed by atoms with Gasteiger partial charge in [-0.1, -0.05) is 30.3 Å². The number of epoxide rings is 1. The van der Waals surface area contributed by atoms with Gasteiger partial charge >= 0.3 is 0 Å². The molecule has 15 heavy (non-hydrogen) atoms. The zero-order chi connectivity index (χ0) is 10.9. The van der Waals surface area contributed by atoms with Crippen LogP contribution in [-0.2, 0) is 4.74 Å². The lowest BCUT2D eigenvalue weighted by molar-refractivity contribution is 0.0976. The van der Waals surface area contributed by atoms with Crippen LogP contribution in [0.1, 0.15) is 37.0 Å². The maximum absolute atomic E-state index is 11.7. The lowest BCUT2D eigenvalue weighted by Gasteiger charge is -1.99. The van der Waals surface area contributed by atoms with Gasteiger partial charge in [-0.25, -0.2) is 0 Å². The SMILES string of the molecule is CC1(C)OC1CCC(=O)c1ccccc1. The van der Waals surface area contributed by atoms with E-state index in [0.29, 0.717) is 6.42 Å². The Morgan fingerprint density at radius 2 is 1.93 bits per heavy atom. The van der Waals surface area contributed by atoms with Gasteiger partial charge in [0.25, 0.3) is 0 Å². The molecular formula is C13H16O2. The topological polar surface area (TPSA) is 29.6 Å². The average Bonchev–Trinajstić information content (AvgIpc) is 2.84. The molecule has 0 radical (unpaired) electrons.